The molecule has 0 spiro atoms. The highest BCUT2D eigenvalue weighted by molar-refractivity contribution is 5.31. The number of rotatable bonds is 3. The predicted molar refractivity (Wildman–Crippen MR) is 57.6 cm³/mol. The van der Waals surface area contributed by atoms with E-state index in [2.05, 4.69) is 5.32 Å². The minimum absolute atomic E-state index is 0.0411. The molecule has 1 atom stereocenters. The SMILES string of the molecule is COc1ccc(CC2CCCN2)c(F)c1F. The van der Waals surface area contributed by atoms with Crippen molar-refractivity contribution in [2.75, 3.05) is 13.7 Å². The molecule has 0 saturated carbocycles. The molecule has 0 radical (unpaired) electrons. The molecule has 88 valence electrons. The van der Waals surface area contributed by atoms with Gasteiger partial charge in [-0.15, -0.1) is 0 Å². The van der Waals surface area contributed by atoms with Gasteiger partial charge in [0, 0.05) is 6.04 Å². The quantitative estimate of drug-likeness (QED) is 0.855. The summed E-state index contributed by atoms with van der Waals surface area (Å²) in [6.45, 7) is 0.963. The number of ether oxygens (including phenoxy) is 1. The zero-order valence-corrected chi connectivity index (χ0v) is 9.22. The molecular weight excluding hydrogens is 212 g/mol. The molecule has 1 aliphatic heterocycles. The molecule has 1 N–H and O–H groups in total. The Morgan fingerprint density at radius 3 is 2.81 bits per heavy atom. The summed E-state index contributed by atoms with van der Waals surface area (Å²) < 4.78 is 31.8. The van der Waals surface area contributed by atoms with Gasteiger partial charge in [-0.05, 0) is 37.4 Å². The molecular formula is C12H15F2NO. The standard InChI is InChI=1S/C12H15F2NO/c1-16-10-5-4-8(11(13)12(10)14)7-9-3-2-6-15-9/h4-5,9,15H,2-3,6-7H2,1H3. The van der Waals surface area contributed by atoms with Gasteiger partial charge >= 0.3 is 0 Å². The van der Waals surface area contributed by atoms with E-state index in [0.29, 0.717) is 12.0 Å². The fourth-order valence-corrected chi connectivity index (χ4v) is 2.08. The number of benzene rings is 1. The van der Waals surface area contributed by atoms with Crippen LogP contribution in [0.25, 0.3) is 0 Å². The Hall–Kier alpha value is -1.16. The highest BCUT2D eigenvalue weighted by Crippen LogP contribution is 2.24. The Labute approximate surface area is 93.6 Å². The monoisotopic (exact) mass is 227 g/mol. The molecule has 2 rings (SSSR count). The van der Waals surface area contributed by atoms with Crippen molar-refractivity contribution in [3.05, 3.63) is 29.3 Å². The molecule has 1 unspecified atom stereocenters. The van der Waals surface area contributed by atoms with Crippen LogP contribution in [0.3, 0.4) is 0 Å². The summed E-state index contributed by atoms with van der Waals surface area (Å²) in [6, 6.07) is 3.34. The van der Waals surface area contributed by atoms with Gasteiger partial charge in [-0.1, -0.05) is 6.07 Å². The van der Waals surface area contributed by atoms with E-state index in [4.69, 9.17) is 4.74 Å². The van der Waals surface area contributed by atoms with E-state index >= 15 is 0 Å². The second-order valence-corrected chi connectivity index (χ2v) is 4.05. The van der Waals surface area contributed by atoms with E-state index in [1.54, 1.807) is 6.07 Å². The Morgan fingerprint density at radius 2 is 2.19 bits per heavy atom. The average Bonchev–Trinajstić information content (AvgIpc) is 2.78. The van der Waals surface area contributed by atoms with Crippen molar-refractivity contribution in [3.63, 3.8) is 0 Å². The predicted octanol–water partition coefficient (Wildman–Crippen LogP) is 2.27. The van der Waals surface area contributed by atoms with Gasteiger partial charge in [-0.25, -0.2) is 4.39 Å². The van der Waals surface area contributed by atoms with Gasteiger partial charge in [0.25, 0.3) is 0 Å². The van der Waals surface area contributed by atoms with Gasteiger partial charge in [0.05, 0.1) is 7.11 Å². The van der Waals surface area contributed by atoms with Crippen molar-refractivity contribution in [2.24, 2.45) is 0 Å². The van der Waals surface area contributed by atoms with Crippen LogP contribution < -0.4 is 10.1 Å². The maximum atomic E-state index is 13.6. The first-order valence-electron chi connectivity index (χ1n) is 5.46. The topological polar surface area (TPSA) is 21.3 Å². The van der Waals surface area contributed by atoms with Crippen LogP contribution in [0.5, 0.6) is 5.75 Å². The maximum Gasteiger partial charge on any atom is 0.200 e. The van der Waals surface area contributed by atoms with Crippen LogP contribution in [0, 0.1) is 11.6 Å². The molecule has 0 aliphatic carbocycles. The Morgan fingerprint density at radius 1 is 1.38 bits per heavy atom. The highest BCUT2D eigenvalue weighted by atomic mass is 19.2. The fraction of sp³-hybridized carbons (Fsp3) is 0.500. The van der Waals surface area contributed by atoms with E-state index in [1.165, 1.54) is 13.2 Å². The lowest BCUT2D eigenvalue weighted by Gasteiger charge is -2.12. The third-order valence-corrected chi connectivity index (χ3v) is 2.98. The van der Waals surface area contributed by atoms with E-state index in [1.807, 2.05) is 0 Å². The van der Waals surface area contributed by atoms with Crippen molar-refractivity contribution in [2.45, 2.75) is 25.3 Å². The van der Waals surface area contributed by atoms with Crippen LogP contribution >= 0.6 is 0 Å². The van der Waals surface area contributed by atoms with Gasteiger partial charge < -0.3 is 10.1 Å². The lowest BCUT2D eigenvalue weighted by atomic mass is 10.0. The molecule has 1 aliphatic rings. The first kappa shape index (κ1) is 11.3. The normalized spacial score (nSPS) is 20.1. The second kappa shape index (κ2) is 4.78. The lowest BCUT2D eigenvalue weighted by Crippen LogP contribution is -2.24. The summed E-state index contributed by atoms with van der Waals surface area (Å²) in [4.78, 5) is 0. The molecule has 1 saturated heterocycles. The van der Waals surface area contributed by atoms with E-state index in [0.717, 1.165) is 19.4 Å². The molecule has 16 heavy (non-hydrogen) atoms. The summed E-state index contributed by atoms with van der Waals surface area (Å²) in [6.07, 6.45) is 2.66. The molecule has 2 nitrogen and oxygen atoms in total. The zero-order valence-electron chi connectivity index (χ0n) is 9.22. The average molecular weight is 227 g/mol. The third kappa shape index (κ3) is 2.16. The van der Waals surface area contributed by atoms with Gasteiger partial charge in [-0.2, -0.15) is 4.39 Å². The van der Waals surface area contributed by atoms with Gasteiger partial charge in [0.15, 0.2) is 11.6 Å². The van der Waals surface area contributed by atoms with Crippen molar-refractivity contribution in [1.82, 2.24) is 5.32 Å². The van der Waals surface area contributed by atoms with Crippen LogP contribution in [0.1, 0.15) is 18.4 Å². The van der Waals surface area contributed by atoms with Crippen molar-refractivity contribution < 1.29 is 13.5 Å². The Bertz CT molecular complexity index is 376. The van der Waals surface area contributed by atoms with Crippen molar-refractivity contribution in [3.8, 4) is 5.75 Å². The van der Waals surface area contributed by atoms with Crippen LogP contribution in [0.4, 0.5) is 8.78 Å². The van der Waals surface area contributed by atoms with Crippen LogP contribution in [0.2, 0.25) is 0 Å². The highest BCUT2D eigenvalue weighted by Gasteiger charge is 2.19. The van der Waals surface area contributed by atoms with E-state index < -0.39 is 11.6 Å². The summed E-state index contributed by atoms with van der Waals surface area (Å²) in [7, 11) is 1.33. The Balaban J connectivity index is 2.18. The molecule has 1 aromatic rings. The smallest absolute Gasteiger partial charge is 0.200 e. The molecule has 0 amide bonds. The third-order valence-electron chi connectivity index (χ3n) is 2.98. The molecule has 4 heteroatoms. The van der Waals surface area contributed by atoms with Gasteiger partial charge in [0.1, 0.15) is 0 Å². The number of nitrogens with one attached hydrogen (secondary N) is 1. The van der Waals surface area contributed by atoms with Crippen LogP contribution in [-0.2, 0) is 6.42 Å². The minimum Gasteiger partial charge on any atom is -0.494 e. The molecule has 1 fully saturated rings. The van der Waals surface area contributed by atoms with E-state index in [9.17, 15) is 8.78 Å². The fourth-order valence-electron chi connectivity index (χ4n) is 2.08. The molecule has 1 aromatic carbocycles. The minimum atomic E-state index is -0.891. The number of hydrogen-bond donors (Lipinski definition) is 1. The lowest BCUT2D eigenvalue weighted by molar-refractivity contribution is 0.369. The molecule has 0 aromatic heterocycles. The number of hydrogen-bond acceptors (Lipinski definition) is 2. The summed E-state index contributed by atoms with van der Waals surface area (Å²) >= 11 is 0. The summed E-state index contributed by atoms with van der Waals surface area (Å²) in [5.41, 5.74) is 0.415. The summed E-state index contributed by atoms with van der Waals surface area (Å²) in [5.74, 6) is -1.72. The van der Waals surface area contributed by atoms with E-state index in [-0.39, 0.29) is 11.8 Å². The van der Waals surface area contributed by atoms with Crippen LogP contribution in [0.15, 0.2) is 12.1 Å². The van der Waals surface area contributed by atoms with Gasteiger partial charge in [-0.3, -0.25) is 0 Å². The number of halogens is 2. The maximum absolute atomic E-state index is 13.6. The zero-order chi connectivity index (χ0) is 11.5. The largest absolute Gasteiger partial charge is 0.494 e. The first-order valence-corrected chi connectivity index (χ1v) is 5.46. The molecule has 1 heterocycles. The van der Waals surface area contributed by atoms with Gasteiger partial charge in [0.2, 0.25) is 5.82 Å². The van der Waals surface area contributed by atoms with Crippen molar-refractivity contribution >= 4 is 0 Å². The summed E-state index contributed by atoms with van der Waals surface area (Å²) in [5, 5.41) is 3.26. The molecule has 0 bridgehead atoms. The first-order chi connectivity index (χ1) is 7.72. The van der Waals surface area contributed by atoms with Crippen LogP contribution in [-0.4, -0.2) is 19.7 Å². The second-order valence-electron chi connectivity index (χ2n) is 4.05. The number of methoxy groups -OCH3 is 1. The van der Waals surface area contributed by atoms with Crippen molar-refractivity contribution in [1.29, 1.82) is 0 Å². The Kier molecular flexibility index (Phi) is 3.39.